The molecule has 0 fully saturated rings. The van der Waals surface area contributed by atoms with E-state index in [1.54, 1.807) is 40.8 Å². The topological polar surface area (TPSA) is 71.8 Å². The van der Waals surface area contributed by atoms with E-state index in [0.717, 1.165) is 17.2 Å². The average Bonchev–Trinajstić information content (AvgIpc) is 2.69. The number of hydrogen-bond donors (Lipinski definition) is 1. The van der Waals surface area contributed by atoms with E-state index in [4.69, 9.17) is 4.74 Å². The molecule has 7 heteroatoms. The quantitative estimate of drug-likeness (QED) is 0.472. The highest BCUT2D eigenvalue weighted by molar-refractivity contribution is 5.93. The van der Waals surface area contributed by atoms with Crippen molar-refractivity contribution in [2.45, 2.75) is 20.4 Å². The number of carboxylic acid groups (broad SMARTS) is 1. The van der Waals surface area contributed by atoms with Crippen LogP contribution in [-0.2, 0) is 11.3 Å². The number of ether oxygens (including phenoxy) is 1. The van der Waals surface area contributed by atoms with Gasteiger partial charge in [-0.1, -0.05) is 36.5 Å². The van der Waals surface area contributed by atoms with Crippen molar-refractivity contribution < 1.29 is 19.0 Å². The molecule has 0 aliphatic carbocycles. The van der Waals surface area contributed by atoms with E-state index >= 15 is 0 Å². The molecule has 31 heavy (non-hydrogen) atoms. The molecule has 0 unspecified atom stereocenters. The van der Waals surface area contributed by atoms with Gasteiger partial charge in [0.05, 0.1) is 18.3 Å². The lowest BCUT2D eigenvalue weighted by Gasteiger charge is -2.22. The summed E-state index contributed by atoms with van der Waals surface area (Å²) in [5.41, 5.74) is 1.40. The molecule has 2 rings (SSSR count). The molecule has 0 amide bonds. The predicted molar refractivity (Wildman–Crippen MR) is 122 cm³/mol. The van der Waals surface area contributed by atoms with Crippen molar-refractivity contribution >= 4 is 22.6 Å². The van der Waals surface area contributed by atoms with Gasteiger partial charge in [-0.25, -0.2) is 9.18 Å². The molecule has 0 saturated heterocycles. The van der Waals surface area contributed by atoms with E-state index in [1.807, 2.05) is 13.8 Å². The molecule has 2 aromatic rings. The van der Waals surface area contributed by atoms with Crippen molar-refractivity contribution in [2.24, 2.45) is 0 Å². The fourth-order valence-corrected chi connectivity index (χ4v) is 3.34. The number of aromatic nitrogens is 1. The van der Waals surface area contributed by atoms with Gasteiger partial charge >= 0.3 is 5.97 Å². The van der Waals surface area contributed by atoms with Gasteiger partial charge in [-0.05, 0) is 32.1 Å². The van der Waals surface area contributed by atoms with E-state index in [1.165, 1.54) is 13.3 Å². The van der Waals surface area contributed by atoms with Gasteiger partial charge < -0.3 is 19.3 Å². The standard InChI is InChI=1S/C24H27FN2O4/c1-7-8-15(2)13-27-14-19(24(29)30)23(28)18-10-20(25)22(11-21(18)27)26(5)12-16(3)9-17(4)31-6/h7-11,14H,1,4,12-13H2,2-3,5-6H3,(H,29,30)/b15-8+,16-9+. The number of methoxy groups -OCH3 is 1. The number of carboxylic acids is 1. The maximum Gasteiger partial charge on any atom is 0.341 e. The molecule has 0 bridgehead atoms. The average molecular weight is 426 g/mol. The van der Waals surface area contributed by atoms with Gasteiger partial charge in [-0.15, -0.1) is 0 Å². The largest absolute Gasteiger partial charge is 0.497 e. The monoisotopic (exact) mass is 426 g/mol. The number of benzene rings is 1. The fraction of sp³-hybridized carbons (Fsp3) is 0.250. The van der Waals surface area contributed by atoms with Crippen LogP contribution < -0.4 is 10.3 Å². The highest BCUT2D eigenvalue weighted by atomic mass is 19.1. The van der Waals surface area contributed by atoms with Crippen LogP contribution >= 0.6 is 0 Å². The third-order valence-corrected chi connectivity index (χ3v) is 4.77. The smallest absolute Gasteiger partial charge is 0.341 e. The van der Waals surface area contributed by atoms with Crippen molar-refractivity contribution in [2.75, 3.05) is 25.6 Å². The van der Waals surface area contributed by atoms with Crippen molar-refractivity contribution in [1.29, 1.82) is 0 Å². The van der Waals surface area contributed by atoms with Gasteiger partial charge in [0.25, 0.3) is 0 Å². The Morgan fingerprint density at radius 2 is 2.00 bits per heavy atom. The number of halogens is 1. The van der Waals surface area contributed by atoms with E-state index in [-0.39, 0.29) is 11.1 Å². The summed E-state index contributed by atoms with van der Waals surface area (Å²) in [6.07, 6.45) is 6.47. The summed E-state index contributed by atoms with van der Waals surface area (Å²) >= 11 is 0. The van der Waals surface area contributed by atoms with E-state index in [9.17, 15) is 19.1 Å². The van der Waals surface area contributed by atoms with Crippen LogP contribution in [0.5, 0.6) is 0 Å². The first-order valence-corrected chi connectivity index (χ1v) is 9.58. The van der Waals surface area contributed by atoms with Crippen LogP contribution in [0.3, 0.4) is 0 Å². The summed E-state index contributed by atoms with van der Waals surface area (Å²) in [4.78, 5) is 25.9. The Hall–Kier alpha value is -3.61. The molecule has 1 N–H and O–H groups in total. The second-order valence-electron chi connectivity index (χ2n) is 7.39. The van der Waals surface area contributed by atoms with E-state index < -0.39 is 22.8 Å². The molecule has 0 spiro atoms. The highest BCUT2D eigenvalue weighted by Gasteiger charge is 2.18. The van der Waals surface area contributed by atoms with Crippen LogP contribution in [0.4, 0.5) is 10.1 Å². The first-order chi connectivity index (χ1) is 14.6. The van der Waals surface area contributed by atoms with Crippen molar-refractivity contribution in [3.05, 3.63) is 88.2 Å². The Kier molecular flexibility index (Phi) is 7.58. The third-order valence-electron chi connectivity index (χ3n) is 4.77. The van der Waals surface area contributed by atoms with Gasteiger partial charge in [0, 0.05) is 31.7 Å². The van der Waals surface area contributed by atoms with Crippen LogP contribution in [0.25, 0.3) is 10.9 Å². The van der Waals surface area contributed by atoms with Gasteiger partial charge in [-0.3, -0.25) is 4.79 Å². The molecule has 1 aromatic carbocycles. The molecule has 1 heterocycles. The molecule has 6 nitrogen and oxygen atoms in total. The number of carbonyl (C=O) groups is 1. The fourth-order valence-electron chi connectivity index (χ4n) is 3.34. The van der Waals surface area contributed by atoms with E-state index in [0.29, 0.717) is 24.4 Å². The Labute approximate surface area is 180 Å². The van der Waals surface area contributed by atoms with Crippen LogP contribution in [0.2, 0.25) is 0 Å². The van der Waals surface area contributed by atoms with Crippen molar-refractivity contribution in [3.8, 4) is 0 Å². The predicted octanol–water partition coefficient (Wildman–Crippen LogP) is 4.51. The highest BCUT2D eigenvalue weighted by Crippen LogP contribution is 2.26. The Morgan fingerprint density at radius 3 is 2.58 bits per heavy atom. The minimum Gasteiger partial charge on any atom is -0.497 e. The zero-order valence-electron chi connectivity index (χ0n) is 18.2. The minimum absolute atomic E-state index is 0.0148. The first-order valence-electron chi connectivity index (χ1n) is 9.58. The Bertz CT molecular complexity index is 1160. The van der Waals surface area contributed by atoms with Gasteiger partial charge in [-0.2, -0.15) is 0 Å². The van der Waals surface area contributed by atoms with Crippen molar-refractivity contribution in [1.82, 2.24) is 4.57 Å². The molecule has 0 radical (unpaired) electrons. The summed E-state index contributed by atoms with van der Waals surface area (Å²) in [5.74, 6) is -1.48. The number of likely N-dealkylation sites (N-methyl/N-ethyl adjacent to an activating group) is 1. The minimum atomic E-state index is -1.35. The maximum absolute atomic E-state index is 15.0. The van der Waals surface area contributed by atoms with Gasteiger partial charge in [0.15, 0.2) is 0 Å². The van der Waals surface area contributed by atoms with Gasteiger partial charge in [0.2, 0.25) is 5.43 Å². The third kappa shape index (κ3) is 5.51. The van der Waals surface area contributed by atoms with Gasteiger partial charge in [0.1, 0.15) is 17.1 Å². The van der Waals surface area contributed by atoms with Crippen LogP contribution in [0.15, 0.2) is 71.4 Å². The molecule has 1 aromatic heterocycles. The number of fused-ring (bicyclic) bond motifs is 1. The number of nitrogens with zero attached hydrogens (tertiary/aromatic N) is 2. The molecule has 0 aliphatic heterocycles. The lowest BCUT2D eigenvalue weighted by atomic mass is 10.1. The summed E-state index contributed by atoms with van der Waals surface area (Å²) < 4.78 is 21.6. The van der Waals surface area contributed by atoms with Crippen LogP contribution in [-0.4, -0.2) is 36.3 Å². The number of hydrogen-bond acceptors (Lipinski definition) is 4. The number of pyridine rings is 1. The molecule has 0 saturated carbocycles. The normalized spacial score (nSPS) is 12.0. The summed E-state index contributed by atoms with van der Waals surface area (Å²) in [6, 6.07) is 2.67. The Morgan fingerprint density at radius 1 is 1.32 bits per heavy atom. The maximum atomic E-state index is 15.0. The molecule has 164 valence electrons. The zero-order valence-corrected chi connectivity index (χ0v) is 18.2. The summed E-state index contributed by atoms with van der Waals surface area (Å²) in [7, 11) is 3.25. The first kappa shape index (κ1) is 23.7. The summed E-state index contributed by atoms with van der Waals surface area (Å²) in [6.45, 7) is 11.9. The second kappa shape index (κ2) is 9.93. The molecule has 0 atom stereocenters. The SMILES string of the molecule is C=C/C=C(\C)Cn1cc(C(=O)O)c(=O)c2cc(F)c(N(C)C/C(C)=C/C(=C)OC)cc21. The van der Waals surface area contributed by atoms with E-state index in [2.05, 4.69) is 13.2 Å². The molecular formula is C24H27FN2O4. The number of aromatic carboxylic acids is 1. The second-order valence-corrected chi connectivity index (χ2v) is 7.39. The number of rotatable bonds is 9. The lowest BCUT2D eigenvalue weighted by Crippen LogP contribution is -2.23. The molecule has 0 aliphatic rings. The zero-order chi connectivity index (χ0) is 23.3. The van der Waals surface area contributed by atoms with Crippen LogP contribution in [0.1, 0.15) is 24.2 Å². The number of allylic oxidation sites excluding steroid dienone is 4. The summed E-state index contributed by atoms with van der Waals surface area (Å²) in [5, 5.41) is 9.44. The van der Waals surface area contributed by atoms with Crippen molar-refractivity contribution in [3.63, 3.8) is 0 Å². The lowest BCUT2D eigenvalue weighted by molar-refractivity contribution is 0.0695. The van der Waals surface area contributed by atoms with Crippen LogP contribution in [0, 0.1) is 5.82 Å². The Balaban J connectivity index is 2.66. The molecular weight excluding hydrogens is 399 g/mol. The number of anilines is 1.